The van der Waals surface area contributed by atoms with E-state index in [0.29, 0.717) is 0 Å². The molecule has 82 valence electrons. The molecule has 0 atom stereocenters. The lowest BCUT2D eigenvalue weighted by atomic mass is 9.89. The Bertz CT molecular complexity index is 179. The van der Waals surface area contributed by atoms with Crippen LogP contribution in [0.2, 0.25) is 0 Å². The van der Waals surface area contributed by atoms with Gasteiger partial charge in [0.1, 0.15) is 0 Å². The van der Waals surface area contributed by atoms with Crippen molar-refractivity contribution in [2.24, 2.45) is 10.9 Å². The van der Waals surface area contributed by atoms with Crippen molar-refractivity contribution in [3.05, 3.63) is 0 Å². The number of amidine groups is 1. The van der Waals surface area contributed by atoms with Crippen molar-refractivity contribution >= 4 is 5.84 Å². The van der Waals surface area contributed by atoms with Gasteiger partial charge in [0.15, 0.2) is 0 Å². The van der Waals surface area contributed by atoms with Crippen LogP contribution in [0.5, 0.6) is 0 Å². The lowest BCUT2D eigenvalue weighted by molar-refractivity contribution is 0.365. The number of aliphatic imine (C=N–C) groups is 1. The summed E-state index contributed by atoms with van der Waals surface area (Å²) in [5, 5.41) is 0. The molecule has 2 heteroatoms. The van der Waals surface area contributed by atoms with Gasteiger partial charge in [-0.25, -0.2) is 0 Å². The Morgan fingerprint density at radius 3 is 2.36 bits per heavy atom. The Hall–Kier alpha value is -0.530. The molecule has 1 aliphatic carbocycles. The zero-order valence-corrected chi connectivity index (χ0v) is 9.92. The highest BCUT2D eigenvalue weighted by molar-refractivity contribution is 5.81. The van der Waals surface area contributed by atoms with Crippen LogP contribution >= 0.6 is 0 Å². The van der Waals surface area contributed by atoms with Crippen molar-refractivity contribution < 1.29 is 0 Å². The molecule has 0 bridgehead atoms. The third kappa shape index (κ3) is 3.69. The summed E-state index contributed by atoms with van der Waals surface area (Å²) >= 11 is 0. The largest absolute Gasteiger partial charge is 0.367 e. The average Bonchev–Trinajstić information content (AvgIpc) is 2.20. The van der Waals surface area contributed by atoms with Crippen LogP contribution < -0.4 is 0 Å². The van der Waals surface area contributed by atoms with Gasteiger partial charge in [-0.2, -0.15) is 0 Å². The molecule has 1 saturated carbocycles. The maximum atomic E-state index is 4.71. The van der Waals surface area contributed by atoms with Gasteiger partial charge in [-0.15, -0.1) is 0 Å². The zero-order valence-electron chi connectivity index (χ0n) is 9.92. The summed E-state index contributed by atoms with van der Waals surface area (Å²) in [6.07, 6.45) is 8.13. The van der Waals surface area contributed by atoms with Crippen LogP contribution in [0.15, 0.2) is 4.99 Å². The fraction of sp³-hybridized carbons (Fsp3) is 0.917. The minimum absolute atomic E-state index is 0.866. The van der Waals surface area contributed by atoms with Crippen molar-refractivity contribution in [1.82, 2.24) is 4.90 Å². The molecule has 0 unspecified atom stereocenters. The Balaban J connectivity index is 2.34. The third-order valence-corrected chi connectivity index (χ3v) is 3.09. The molecule has 0 aromatic carbocycles. The van der Waals surface area contributed by atoms with Gasteiger partial charge in [-0.3, -0.25) is 4.99 Å². The van der Waals surface area contributed by atoms with E-state index in [-0.39, 0.29) is 0 Å². The summed E-state index contributed by atoms with van der Waals surface area (Å²) < 4.78 is 0. The van der Waals surface area contributed by atoms with Crippen molar-refractivity contribution in [1.29, 1.82) is 0 Å². The number of rotatable bonds is 3. The first-order chi connectivity index (χ1) is 6.74. The number of nitrogens with zero attached hydrogens (tertiary/aromatic N) is 2. The molecular weight excluding hydrogens is 172 g/mol. The van der Waals surface area contributed by atoms with Crippen LogP contribution in [-0.2, 0) is 0 Å². The van der Waals surface area contributed by atoms with Gasteiger partial charge >= 0.3 is 0 Å². The van der Waals surface area contributed by atoms with Gasteiger partial charge in [0.25, 0.3) is 0 Å². The highest BCUT2D eigenvalue weighted by Gasteiger charge is 2.12. The molecule has 2 nitrogen and oxygen atoms in total. The van der Waals surface area contributed by atoms with E-state index < -0.39 is 0 Å². The highest BCUT2D eigenvalue weighted by atomic mass is 15.1. The molecule has 14 heavy (non-hydrogen) atoms. The van der Waals surface area contributed by atoms with E-state index in [0.717, 1.165) is 18.9 Å². The molecule has 0 saturated heterocycles. The Morgan fingerprint density at radius 1 is 1.21 bits per heavy atom. The summed E-state index contributed by atoms with van der Waals surface area (Å²) in [5.74, 6) is 2.11. The Morgan fingerprint density at radius 2 is 1.86 bits per heavy atom. The minimum atomic E-state index is 0.866. The quantitative estimate of drug-likeness (QED) is 0.500. The summed E-state index contributed by atoms with van der Waals surface area (Å²) in [6.45, 7) is 3.24. The van der Waals surface area contributed by atoms with Crippen LogP contribution in [0.25, 0.3) is 0 Å². The summed E-state index contributed by atoms with van der Waals surface area (Å²) in [5.41, 5.74) is 0. The first-order valence-corrected chi connectivity index (χ1v) is 5.94. The molecule has 0 spiro atoms. The zero-order chi connectivity index (χ0) is 10.4. The second-order valence-corrected chi connectivity index (χ2v) is 4.51. The lowest BCUT2D eigenvalue weighted by Crippen LogP contribution is -2.22. The molecule has 0 radical (unpaired) electrons. The molecule has 0 aromatic rings. The maximum Gasteiger partial charge on any atom is 0.0981 e. The lowest BCUT2D eigenvalue weighted by Gasteiger charge is -2.21. The van der Waals surface area contributed by atoms with Gasteiger partial charge in [-0.1, -0.05) is 26.2 Å². The van der Waals surface area contributed by atoms with Crippen LogP contribution in [-0.4, -0.2) is 31.4 Å². The van der Waals surface area contributed by atoms with E-state index >= 15 is 0 Å². The minimum Gasteiger partial charge on any atom is -0.367 e. The summed E-state index contributed by atoms with van der Waals surface area (Å²) in [7, 11) is 4.17. The average molecular weight is 196 g/mol. The van der Waals surface area contributed by atoms with Crippen LogP contribution in [0.4, 0.5) is 0 Å². The molecule has 0 amide bonds. The van der Waals surface area contributed by atoms with E-state index in [1.807, 2.05) is 0 Å². The fourth-order valence-electron chi connectivity index (χ4n) is 2.17. The predicted molar refractivity (Wildman–Crippen MR) is 62.9 cm³/mol. The van der Waals surface area contributed by atoms with Gasteiger partial charge in [0.05, 0.1) is 5.84 Å². The van der Waals surface area contributed by atoms with Crippen molar-refractivity contribution in [3.8, 4) is 0 Å². The first-order valence-electron chi connectivity index (χ1n) is 5.94. The molecule has 1 fully saturated rings. The predicted octanol–water partition coefficient (Wildman–Crippen LogP) is 2.94. The molecule has 0 aromatic heterocycles. The smallest absolute Gasteiger partial charge is 0.0981 e. The maximum absolute atomic E-state index is 4.71. The number of hydrogen-bond donors (Lipinski definition) is 0. The van der Waals surface area contributed by atoms with E-state index in [1.165, 1.54) is 37.9 Å². The van der Waals surface area contributed by atoms with Crippen LogP contribution in [0.3, 0.4) is 0 Å². The summed E-state index contributed by atoms with van der Waals surface area (Å²) in [6, 6.07) is 0. The second-order valence-electron chi connectivity index (χ2n) is 4.51. The van der Waals surface area contributed by atoms with Crippen LogP contribution in [0, 0.1) is 5.92 Å². The molecule has 1 rings (SSSR count). The highest BCUT2D eigenvalue weighted by Crippen LogP contribution is 2.23. The van der Waals surface area contributed by atoms with Gasteiger partial charge < -0.3 is 4.90 Å². The second kappa shape index (κ2) is 6.05. The van der Waals surface area contributed by atoms with Gasteiger partial charge in [0.2, 0.25) is 0 Å². The molecule has 0 heterocycles. The Labute approximate surface area is 88.4 Å². The molecule has 0 aliphatic heterocycles. The third-order valence-electron chi connectivity index (χ3n) is 3.09. The molecule has 0 N–H and O–H groups in total. The normalized spacial score (nSPS) is 19.8. The monoisotopic (exact) mass is 196 g/mol. The standard InChI is InChI=1S/C12H24N2/c1-4-12(14(2)3)13-10-11-8-6-5-7-9-11/h11H,4-10H2,1-3H3. The van der Waals surface area contributed by atoms with E-state index in [1.54, 1.807) is 0 Å². The van der Waals surface area contributed by atoms with Crippen molar-refractivity contribution in [2.45, 2.75) is 45.4 Å². The number of hydrogen-bond acceptors (Lipinski definition) is 1. The van der Waals surface area contributed by atoms with Crippen molar-refractivity contribution in [2.75, 3.05) is 20.6 Å². The Kier molecular flexibility index (Phi) is 4.99. The topological polar surface area (TPSA) is 15.6 Å². The molecular formula is C12H24N2. The summed E-state index contributed by atoms with van der Waals surface area (Å²) in [4.78, 5) is 6.85. The van der Waals surface area contributed by atoms with Gasteiger partial charge in [-0.05, 0) is 18.8 Å². The SMILES string of the molecule is CCC(=NCC1CCCCC1)N(C)C. The van der Waals surface area contributed by atoms with E-state index in [2.05, 4.69) is 25.9 Å². The van der Waals surface area contributed by atoms with Crippen molar-refractivity contribution in [3.63, 3.8) is 0 Å². The van der Waals surface area contributed by atoms with Gasteiger partial charge in [0, 0.05) is 27.1 Å². The molecule has 1 aliphatic rings. The van der Waals surface area contributed by atoms with Crippen LogP contribution in [0.1, 0.15) is 45.4 Å². The van der Waals surface area contributed by atoms with E-state index in [9.17, 15) is 0 Å². The first kappa shape index (κ1) is 11.5. The fourth-order valence-corrected chi connectivity index (χ4v) is 2.17. The van der Waals surface area contributed by atoms with E-state index in [4.69, 9.17) is 4.99 Å².